The molecule has 0 amide bonds. The van der Waals surface area contributed by atoms with Crippen LogP contribution in [0.15, 0.2) is 191 Å². The second kappa shape index (κ2) is 13.4. The first-order chi connectivity index (χ1) is 29.2. The van der Waals surface area contributed by atoms with Crippen molar-refractivity contribution in [3.63, 3.8) is 0 Å². The largest absolute Gasteiger partial charge is 0.456 e. The zero-order valence-electron chi connectivity index (χ0n) is 31.3. The maximum absolute atomic E-state index is 6.38. The van der Waals surface area contributed by atoms with Crippen LogP contribution in [0.2, 0.25) is 0 Å². The number of rotatable bonds is 6. The van der Waals surface area contributed by atoms with Crippen molar-refractivity contribution in [2.45, 2.75) is 0 Å². The van der Waals surface area contributed by atoms with Crippen LogP contribution < -0.4 is 0 Å². The zero-order chi connectivity index (χ0) is 38.9. The summed E-state index contributed by atoms with van der Waals surface area (Å²) in [6.45, 7) is 0. The summed E-state index contributed by atoms with van der Waals surface area (Å²) < 4.78 is 14.9. The van der Waals surface area contributed by atoms with Crippen molar-refractivity contribution in [3.8, 4) is 67.9 Å². The Morgan fingerprint density at radius 2 is 0.966 bits per heavy atom. The number of thiophene rings is 1. The molecule has 7 heteroatoms. The summed E-state index contributed by atoms with van der Waals surface area (Å²) in [5, 5.41) is 4.45. The second-order valence-corrected chi connectivity index (χ2v) is 15.7. The molecule has 4 heterocycles. The highest BCUT2D eigenvalue weighted by Gasteiger charge is 2.18. The topological polar surface area (TPSA) is 77.8 Å². The van der Waals surface area contributed by atoms with E-state index in [1.165, 1.54) is 20.2 Å². The lowest BCUT2D eigenvalue weighted by molar-refractivity contribution is 0.620. The molecule has 0 aliphatic heterocycles. The number of oxazole rings is 1. The first-order valence-corrected chi connectivity index (χ1v) is 20.3. The molecule has 8 aromatic carbocycles. The van der Waals surface area contributed by atoms with Crippen molar-refractivity contribution in [1.82, 2.24) is 19.9 Å². The summed E-state index contributed by atoms with van der Waals surface area (Å²) in [5.41, 5.74) is 11.4. The van der Waals surface area contributed by atoms with Gasteiger partial charge in [0, 0.05) is 53.2 Å². The summed E-state index contributed by atoms with van der Waals surface area (Å²) in [6.07, 6.45) is 0. The fourth-order valence-electron chi connectivity index (χ4n) is 8.06. The number of para-hydroxylation sites is 1. The second-order valence-electron chi connectivity index (χ2n) is 14.6. The van der Waals surface area contributed by atoms with Gasteiger partial charge in [-0.15, -0.1) is 11.3 Å². The van der Waals surface area contributed by atoms with Crippen molar-refractivity contribution in [1.29, 1.82) is 0 Å². The lowest BCUT2D eigenvalue weighted by Crippen LogP contribution is -2.00. The van der Waals surface area contributed by atoms with Gasteiger partial charge < -0.3 is 8.83 Å². The normalized spacial score (nSPS) is 11.7. The van der Waals surface area contributed by atoms with Gasteiger partial charge in [0.25, 0.3) is 0 Å². The van der Waals surface area contributed by atoms with E-state index in [0.29, 0.717) is 23.4 Å². The summed E-state index contributed by atoms with van der Waals surface area (Å²) in [6, 6.07) is 62.4. The molecule has 0 fully saturated rings. The van der Waals surface area contributed by atoms with Gasteiger partial charge in [0.2, 0.25) is 5.89 Å². The van der Waals surface area contributed by atoms with Gasteiger partial charge in [-0.3, -0.25) is 0 Å². The number of fused-ring (bicyclic) bond motifs is 7. The standard InChI is InChI=1S/C52H30N4O2S/c1-3-11-31(12-4-1)33-21-24-43-46(30-33)58-52(53-43)37-23-26-47-42(29-37)40-19-10-18-38(48(40)59-47)34-15-9-16-35(27-34)50-54-49(32-13-5-2-6-14-32)55-51(56-50)36-22-25-45-41(28-36)39-17-7-8-20-44(39)57-45/h1-30H. The van der Waals surface area contributed by atoms with E-state index in [1.54, 1.807) is 11.3 Å². The molecule has 6 nitrogen and oxygen atoms in total. The highest BCUT2D eigenvalue weighted by Crippen LogP contribution is 2.42. The van der Waals surface area contributed by atoms with Crippen LogP contribution in [0.3, 0.4) is 0 Å². The van der Waals surface area contributed by atoms with Crippen LogP contribution in [0, 0.1) is 0 Å². The molecule has 12 rings (SSSR count). The fourth-order valence-corrected chi connectivity index (χ4v) is 9.28. The van der Waals surface area contributed by atoms with Crippen LogP contribution in [-0.2, 0) is 0 Å². The third-order valence-electron chi connectivity index (χ3n) is 11.0. The van der Waals surface area contributed by atoms with E-state index in [0.717, 1.165) is 77.5 Å². The van der Waals surface area contributed by atoms with E-state index >= 15 is 0 Å². The molecular weight excluding hydrogens is 745 g/mol. The predicted molar refractivity (Wildman–Crippen MR) is 240 cm³/mol. The fraction of sp³-hybridized carbons (Fsp3) is 0. The van der Waals surface area contributed by atoms with Crippen molar-refractivity contribution in [2.24, 2.45) is 0 Å². The lowest BCUT2D eigenvalue weighted by Gasteiger charge is -2.10. The molecule has 0 bridgehead atoms. The molecule has 59 heavy (non-hydrogen) atoms. The number of furan rings is 1. The zero-order valence-corrected chi connectivity index (χ0v) is 32.2. The van der Waals surface area contributed by atoms with E-state index in [4.69, 9.17) is 28.8 Å². The van der Waals surface area contributed by atoms with E-state index in [-0.39, 0.29) is 0 Å². The highest BCUT2D eigenvalue weighted by atomic mass is 32.1. The molecule has 0 N–H and O–H groups in total. The highest BCUT2D eigenvalue weighted by molar-refractivity contribution is 7.26. The smallest absolute Gasteiger partial charge is 0.227 e. The van der Waals surface area contributed by atoms with Crippen molar-refractivity contribution < 1.29 is 8.83 Å². The van der Waals surface area contributed by atoms with Gasteiger partial charge in [0.15, 0.2) is 23.1 Å². The molecule has 12 aromatic rings. The molecule has 276 valence electrons. The summed E-state index contributed by atoms with van der Waals surface area (Å²) in [5.74, 6) is 2.44. The first kappa shape index (κ1) is 33.4. The molecule has 0 saturated heterocycles. The molecule has 0 aliphatic carbocycles. The maximum atomic E-state index is 6.38. The Hall–Kier alpha value is -7.74. The van der Waals surface area contributed by atoms with Gasteiger partial charge in [-0.05, 0) is 82.9 Å². The Morgan fingerprint density at radius 1 is 0.339 bits per heavy atom. The number of nitrogens with zero attached hydrogens (tertiary/aromatic N) is 4. The van der Waals surface area contributed by atoms with Crippen molar-refractivity contribution in [2.75, 3.05) is 0 Å². The van der Waals surface area contributed by atoms with Crippen LogP contribution in [0.5, 0.6) is 0 Å². The average molecular weight is 775 g/mol. The molecule has 0 aliphatic rings. The lowest BCUT2D eigenvalue weighted by atomic mass is 10.00. The van der Waals surface area contributed by atoms with Crippen LogP contribution in [-0.4, -0.2) is 19.9 Å². The monoisotopic (exact) mass is 774 g/mol. The van der Waals surface area contributed by atoms with Gasteiger partial charge in [0.05, 0.1) is 0 Å². The minimum absolute atomic E-state index is 0.601. The van der Waals surface area contributed by atoms with Crippen LogP contribution >= 0.6 is 11.3 Å². The van der Waals surface area contributed by atoms with Gasteiger partial charge in [-0.2, -0.15) is 0 Å². The minimum atomic E-state index is 0.601. The van der Waals surface area contributed by atoms with Crippen molar-refractivity contribution >= 4 is 64.5 Å². The van der Waals surface area contributed by atoms with E-state index in [2.05, 4.69) is 97.1 Å². The Kier molecular flexibility index (Phi) is 7.61. The Morgan fingerprint density at radius 3 is 1.81 bits per heavy atom. The maximum Gasteiger partial charge on any atom is 0.227 e. The summed E-state index contributed by atoms with van der Waals surface area (Å²) >= 11 is 1.80. The number of hydrogen-bond acceptors (Lipinski definition) is 7. The molecule has 0 saturated carbocycles. The van der Waals surface area contributed by atoms with Crippen LogP contribution in [0.25, 0.3) is 121 Å². The number of hydrogen-bond donors (Lipinski definition) is 0. The first-order valence-electron chi connectivity index (χ1n) is 19.4. The quantitative estimate of drug-likeness (QED) is 0.167. The van der Waals surface area contributed by atoms with E-state index in [1.807, 2.05) is 84.9 Å². The van der Waals surface area contributed by atoms with Gasteiger partial charge in [-0.1, -0.05) is 121 Å². The minimum Gasteiger partial charge on any atom is -0.456 e. The Balaban J connectivity index is 0.940. The third kappa shape index (κ3) is 5.78. The van der Waals surface area contributed by atoms with Gasteiger partial charge in [0.1, 0.15) is 16.7 Å². The summed E-state index contributed by atoms with van der Waals surface area (Å²) in [7, 11) is 0. The Bertz CT molecular complexity index is 3570. The molecule has 0 unspecified atom stereocenters. The number of aromatic nitrogens is 4. The molecule has 0 atom stereocenters. The van der Waals surface area contributed by atoms with Crippen LogP contribution in [0.1, 0.15) is 0 Å². The van der Waals surface area contributed by atoms with E-state index < -0.39 is 0 Å². The van der Waals surface area contributed by atoms with Crippen molar-refractivity contribution in [3.05, 3.63) is 182 Å². The molecule has 0 spiro atoms. The molecule has 4 aromatic heterocycles. The third-order valence-corrected chi connectivity index (χ3v) is 12.2. The molecular formula is C52H30N4O2S. The Labute approximate surface area is 341 Å². The van der Waals surface area contributed by atoms with Crippen LogP contribution in [0.4, 0.5) is 0 Å². The van der Waals surface area contributed by atoms with Gasteiger partial charge in [-0.25, -0.2) is 19.9 Å². The van der Waals surface area contributed by atoms with E-state index in [9.17, 15) is 0 Å². The summed E-state index contributed by atoms with van der Waals surface area (Å²) in [4.78, 5) is 20.1. The average Bonchev–Trinajstić information content (AvgIpc) is 4.02. The number of benzene rings is 8. The predicted octanol–water partition coefficient (Wildman–Crippen LogP) is 14.3. The SMILES string of the molecule is c1ccc(-c2ccc3nc(-c4ccc5sc6c(-c7cccc(-c8nc(-c9ccccc9)nc(-c9ccc%10oc%11ccccc%11c%10c9)n8)c7)cccc6c5c4)oc3c2)cc1. The molecule has 0 radical (unpaired) electrons. The van der Waals surface area contributed by atoms with Gasteiger partial charge >= 0.3 is 0 Å².